The zero-order valence-corrected chi connectivity index (χ0v) is 29.6. The molecule has 0 aliphatic heterocycles. The summed E-state index contributed by atoms with van der Waals surface area (Å²) in [5.41, 5.74) is 6.35. The Morgan fingerprint density at radius 1 is 0.260 bits per heavy atom. The first kappa shape index (κ1) is 43.6. The van der Waals surface area contributed by atoms with Gasteiger partial charge in [0.2, 0.25) is 0 Å². The summed E-state index contributed by atoms with van der Waals surface area (Å²) in [6.45, 7) is 12.2. The van der Waals surface area contributed by atoms with E-state index in [1.807, 2.05) is 42.5 Å². The number of benzene rings is 2. The van der Waals surface area contributed by atoms with Gasteiger partial charge in [0.1, 0.15) is 24.7 Å². The zero-order valence-electron chi connectivity index (χ0n) is 29.6. The molecule has 0 bridgehead atoms. The normalized spacial score (nSPS) is 11.3. The Morgan fingerprint density at radius 2 is 0.480 bits per heavy atom. The van der Waals surface area contributed by atoms with Crippen LogP contribution in [0.4, 0.5) is 5.69 Å². The lowest BCUT2D eigenvalue weighted by Gasteiger charge is -2.09. The molecule has 0 heterocycles. The lowest BCUT2D eigenvalue weighted by molar-refractivity contribution is -0.0279. The summed E-state index contributed by atoms with van der Waals surface area (Å²) in [6, 6.07) is 16.9. The molecule has 0 fully saturated rings. The first-order valence-electron chi connectivity index (χ1n) is 17.4. The molecular weight excluding hydrogens is 654 g/mol. The number of nitrogen functional groups attached to an aromatic ring is 1. The predicted molar refractivity (Wildman–Crippen MR) is 187 cm³/mol. The third-order valence-electron chi connectivity index (χ3n) is 6.34. The van der Waals surface area contributed by atoms with Gasteiger partial charge in [-0.05, 0) is 36.4 Å². The van der Waals surface area contributed by atoms with Crippen LogP contribution in [-0.2, 0) is 52.1 Å². The molecule has 0 radical (unpaired) electrons. The van der Waals surface area contributed by atoms with E-state index in [0.29, 0.717) is 164 Å². The molecule has 0 atom stereocenters. The number of para-hydroxylation sites is 1. The molecule has 2 aromatic rings. The smallest absolute Gasteiger partial charge is 0.119 e. The fourth-order valence-corrected chi connectivity index (χ4v) is 3.82. The van der Waals surface area contributed by atoms with Gasteiger partial charge < -0.3 is 67.3 Å². The van der Waals surface area contributed by atoms with E-state index in [-0.39, 0.29) is 0 Å². The average molecular weight is 714 g/mol. The topological polar surface area (TPSA) is 146 Å². The minimum atomic E-state index is 0.474. The van der Waals surface area contributed by atoms with Crippen molar-refractivity contribution in [1.82, 2.24) is 0 Å². The fraction of sp³-hybridized carbons (Fsp3) is 0.667. The summed E-state index contributed by atoms with van der Waals surface area (Å²) in [6.07, 6.45) is 0. The van der Waals surface area contributed by atoms with Gasteiger partial charge in [-0.2, -0.15) is 0 Å². The van der Waals surface area contributed by atoms with Crippen LogP contribution < -0.4 is 15.2 Å². The molecule has 2 N–H and O–H groups in total. The van der Waals surface area contributed by atoms with Crippen molar-refractivity contribution in [3.05, 3.63) is 54.6 Å². The summed E-state index contributed by atoms with van der Waals surface area (Å²) in [5.74, 6) is 1.61. The first-order valence-corrected chi connectivity index (χ1v) is 17.4. The van der Waals surface area contributed by atoms with Crippen molar-refractivity contribution < 1.29 is 61.6 Å². The largest absolute Gasteiger partial charge is 0.491 e. The average Bonchev–Trinajstić information content (AvgIpc) is 3.14. The highest BCUT2D eigenvalue weighted by Gasteiger charge is 1.98. The summed E-state index contributed by atoms with van der Waals surface area (Å²) in [7, 11) is 0. The van der Waals surface area contributed by atoms with Gasteiger partial charge >= 0.3 is 0 Å². The van der Waals surface area contributed by atoms with E-state index in [0.717, 1.165) is 11.5 Å². The van der Waals surface area contributed by atoms with E-state index in [9.17, 15) is 0 Å². The van der Waals surface area contributed by atoms with Crippen molar-refractivity contribution in [2.24, 2.45) is 0 Å². The molecule has 14 heteroatoms. The molecule has 0 unspecified atom stereocenters. The van der Waals surface area contributed by atoms with Crippen LogP contribution in [0.2, 0.25) is 0 Å². The maximum absolute atomic E-state index is 5.64. The van der Waals surface area contributed by atoms with E-state index in [1.165, 1.54) is 0 Å². The quantitative estimate of drug-likeness (QED) is 0.0804. The molecule has 0 saturated heterocycles. The van der Waals surface area contributed by atoms with Crippen molar-refractivity contribution in [2.75, 3.05) is 164 Å². The molecule has 286 valence electrons. The molecule has 0 amide bonds. The van der Waals surface area contributed by atoms with Gasteiger partial charge in [-0.25, -0.2) is 0 Å². The number of rotatable bonds is 38. The molecule has 0 spiro atoms. The zero-order chi connectivity index (χ0) is 35.3. The highest BCUT2D eigenvalue weighted by molar-refractivity contribution is 5.41. The minimum absolute atomic E-state index is 0.474. The molecule has 2 aromatic carbocycles. The summed E-state index contributed by atoms with van der Waals surface area (Å²) >= 11 is 0. The molecule has 50 heavy (non-hydrogen) atoms. The Bertz CT molecular complexity index is 959. The van der Waals surface area contributed by atoms with Gasteiger partial charge in [-0.3, -0.25) is 0 Å². The van der Waals surface area contributed by atoms with E-state index >= 15 is 0 Å². The predicted octanol–water partition coefficient (Wildman–Crippen LogP) is 2.91. The third kappa shape index (κ3) is 29.2. The van der Waals surface area contributed by atoms with E-state index in [4.69, 9.17) is 67.3 Å². The SMILES string of the molecule is Nc1ccc(OCCOCCOCCOCCOCCOCCOCCOCCOCCOCCOCCOCCOc2ccccc2)cc1. The minimum Gasteiger partial charge on any atom is -0.491 e. The van der Waals surface area contributed by atoms with Crippen LogP contribution in [0.5, 0.6) is 11.5 Å². The van der Waals surface area contributed by atoms with Gasteiger partial charge in [0.15, 0.2) is 0 Å². The monoisotopic (exact) mass is 713 g/mol. The molecule has 0 aromatic heterocycles. The fourth-order valence-electron chi connectivity index (χ4n) is 3.82. The van der Waals surface area contributed by atoms with Crippen molar-refractivity contribution >= 4 is 5.69 Å². The maximum atomic E-state index is 5.64. The van der Waals surface area contributed by atoms with Crippen LogP contribution in [0.25, 0.3) is 0 Å². The van der Waals surface area contributed by atoms with Gasteiger partial charge in [0.05, 0.1) is 145 Å². The van der Waals surface area contributed by atoms with Gasteiger partial charge in [0, 0.05) is 5.69 Å². The second-order valence-electron chi connectivity index (χ2n) is 10.3. The van der Waals surface area contributed by atoms with Crippen molar-refractivity contribution in [3.8, 4) is 11.5 Å². The van der Waals surface area contributed by atoms with Crippen molar-refractivity contribution in [1.29, 1.82) is 0 Å². The van der Waals surface area contributed by atoms with Crippen molar-refractivity contribution in [3.63, 3.8) is 0 Å². The van der Waals surface area contributed by atoms with Crippen LogP contribution in [0.3, 0.4) is 0 Å². The molecule has 0 saturated carbocycles. The van der Waals surface area contributed by atoms with Crippen LogP contribution in [0.1, 0.15) is 0 Å². The maximum Gasteiger partial charge on any atom is 0.119 e. The molecule has 2 rings (SSSR count). The van der Waals surface area contributed by atoms with Crippen LogP contribution in [0, 0.1) is 0 Å². The van der Waals surface area contributed by atoms with Crippen LogP contribution >= 0.6 is 0 Å². The number of anilines is 1. The standard InChI is InChI=1S/C36H59NO13/c37-34-6-8-36(9-7-34)50-33-31-48-29-27-46-25-23-44-21-19-42-17-15-40-13-11-38-10-12-39-14-16-41-18-20-43-22-24-45-26-28-47-30-32-49-35-4-2-1-3-5-35/h1-9H,10-33,37H2. The molecule has 0 aliphatic rings. The molecular formula is C36H59NO13. The number of ether oxygens (including phenoxy) is 13. The van der Waals surface area contributed by atoms with Gasteiger partial charge in [-0.1, -0.05) is 18.2 Å². The number of hydrogen-bond acceptors (Lipinski definition) is 14. The van der Waals surface area contributed by atoms with Gasteiger partial charge in [0.25, 0.3) is 0 Å². The number of nitrogens with two attached hydrogens (primary N) is 1. The van der Waals surface area contributed by atoms with Crippen LogP contribution in [0.15, 0.2) is 54.6 Å². The Kier molecular flexibility index (Phi) is 30.3. The second-order valence-corrected chi connectivity index (χ2v) is 10.3. The summed E-state index contributed by atoms with van der Waals surface area (Å²) in [4.78, 5) is 0. The van der Waals surface area contributed by atoms with E-state index in [1.54, 1.807) is 12.1 Å². The van der Waals surface area contributed by atoms with Crippen LogP contribution in [-0.4, -0.2) is 159 Å². The molecule has 0 aliphatic carbocycles. The summed E-state index contributed by atoms with van der Waals surface area (Å²) < 4.78 is 71.4. The second kappa shape index (κ2) is 34.8. The van der Waals surface area contributed by atoms with E-state index < -0.39 is 0 Å². The van der Waals surface area contributed by atoms with E-state index in [2.05, 4.69) is 0 Å². The number of hydrogen-bond donors (Lipinski definition) is 1. The Morgan fingerprint density at radius 3 is 0.740 bits per heavy atom. The third-order valence-corrected chi connectivity index (χ3v) is 6.34. The first-order chi connectivity index (χ1) is 24.8. The lowest BCUT2D eigenvalue weighted by Crippen LogP contribution is -2.15. The Labute approximate surface area is 297 Å². The highest BCUT2D eigenvalue weighted by atomic mass is 16.6. The lowest BCUT2D eigenvalue weighted by atomic mass is 10.3. The highest BCUT2D eigenvalue weighted by Crippen LogP contribution is 2.12. The molecule has 14 nitrogen and oxygen atoms in total. The summed E-state index contributed by atoms with van der Waals surface area (Å²) in [5, 5.41) is 0. The van der Waals surface area contributed by atoms with Crippen molar-refractivity contribution in [2.45, 2.75) is 0 Å². The Balaban J connectivity index is 1.13. The van der Waals surface area contributed by atoms with Gasteiger partial charge in [-0.15, -0.1) is 0 Å². The Hall–Kier alpha value is -2.60.